The van der Waals surface area contributed by atoms with E-state index in [9.17, 15) is 0 Å². The fourth-order valence-corrected chi connectivity index (χ4v) is 5.48. The van der Waals surface area contributed by atoms with E-state index in [1.54, 1.807) is 0 Å². The van der Waals surface area contributed by atoms with E-state index in [2.05, 4.69) is 116 Å². The topological polar surface area (TPSA) is 3.24 Å². The molecule has 0 aromatic heterocycles. The van der Waals surface area contributed by atoms with E-state index in [0.717, 1.165) is 13.1 Å². The zero-order valence-electron chi connectivity index (χ0n) is 16.5. The molecule has 6 heteroatoms. The molecule has 1 nitrogen and oxygen atoms in total. The van der Waals surface area contributed by atoms with Crippen LogP contribution in [0.3, 0.4) is 0 Å². The second-order valence-corrected chi connectivity index (χ2v) is 9.03. The van der Waals surface area contributed by atoms with Crippen LogP contribution in [-0.2, 0) is 27.2 Å². The van der Waals surface area contributed by atoms with Crippen molar-refractivity contribution in [2.45, 2.75) is 13.8 Å². The van der Waals surface area contributed by atoms with Gasteiger partial charge in [-0.3, -0.25) is 0 Å². The second-order valence-electron chi connectivity index (χ2n) is 5.78. The third-order valence-electron chi connectivity index (χ3n) is 4.06. The Morgan fingerprint density at radius 3 is 1.21 bits per heavy atom. The summed E-state index contributed by atoms with van der Waals surface area (Å²) < 4.78 is 0.579. The molecule has 3 aromatic carbocycles. The maximum absolute atomic E-state index is 4.76. The number of hydrogen-bond acceptors (Lipinski definition) is 2. The van der Waals surface area contributed by atoms with E-state index in [4.69, 9.17) is 24.8 Å². The number of halogens is 1. The summed E-state index contributed by atoms with van der Waals surface area (Å²) in [5, 5.41) is 4.19. The molecule has 29 heavy (non-hydrogen) atoms. The molecule has 0 aliphatic carbocycles. The van der Waals surface area contributed by atoms with Gasteiger partial charge in [-0.05, 0) is 37.7 Å². The summed E-state index contributed by atoms with van der Waals surface area (Å²) in [6.45, 7) is 5.95. The van der Waals surface area contributed by atoms with Crippen molar-refractivity contribution in [2.24, 2.45) is 0 Å². The van der Waals surface area contributed by atoms with Gasteiger partial charge in [0, 0.05) is 13.1 Å². The predicted molar refractivity (Wildman–Crippen MR) is 134 cm³/mol. The summed E-state index contributed by atoms with van der Waals surface area (Å²) in [7, 11) is 3.82. The normalized spacial score (nSPS) is 9.59. The van der Waals surface area contributed by atoms with Gasteiger partial charge in [0.15, 0.2) is 0 Å². The number of rotatable bonds is 5. The molecule has 0 atom stereocenters. The minimum atomic E-state index is -0.446. The maximum atomic E-state index is 4.76. The van der Waals surface area contributed by atoms with Crippen LogP contribution in [-0.4, -0.2) is 22.3 Å². The van der Waals surface area contributed by atoms with Crippen LogP contribution in [0.1, 0.15) is 13.8 Å². The number of thiocarbonyl (C=S) groups is 1. The summed E-state index contributed by atoms with van der Waals surface area (Å²) in [5.74, 6) is 0. The van der Waals surface area contributed by atoms with Gasteiger partial charge in [0.05, 0.1) is 0 Å². The van der Waals surface area contributed by atoms with Crippen molar-refractivity contribution in [3.8, 4) is 0 Å². The Balaban J connectivity index is 0.000000358. The Bertz CT molecular complexity index is 709. The van der Waals surface area contributed by atoms with Gasteiger partial charge in [-0.2, -0.15) is 0 Å². The van der Waals surface area contributed by atoms with Gasteiger partial charge in [-0.25, -0.2) is 0 Å². The minimum absolute atomic E-state index is 0.446. The fourth-order valence-electron chi connectivity index (χ4n) is 2.66. The van der Waals surface area contributed by atoms with Gasteiger partial charge in [-0.15, -0.1) is 0 Å². The Kier molecular flexibility index (Phi) is 14.2. The van der Waals surface area contributed by atoms with E-state index in [0.29, 0.717) is 4.32 Å². The average molecular weight is 505 g/mol. The Hall–Kier alpha value is -1.02. The third kappa shape index (κ3) is 9.12. The van der Waals surface area contributed by atoms with Crippen molar-refractivity contribution in [2.75, 3.05) is 13.1 Å². The van der Waals surface area contributed by atoms with Crippen molar-refractivity contribution in [3.63, 3.8) is 0 Å². The molecule has 0 spiro atoms. The Labute approximate surface area is 199 Å². The van der Waals surface area contributed by atoms with E-state index < -0.39 is 7.92 Å². The molecule has 0 unspecified atom stereocenters. The van der Waals surface area contributed by atoms with Gasteiger partial charge in [0.25, 0.3) is 0 Å². The number of benzene rings is 3. The van der Waals surface area contributed by atoms with Crippen LogP contribution in [0.25, 0.3) is 0 Å². The molecule has 0 amide bonds. The van der Waals surface area contributed by atoms with E-state index in [1.807, 2.05) is 18.7 Å². The summed E-state index contributed by atoms with van der Waals surface area (Å²) in [4.78, 5) is 1.96. The standard InChI is InChI=1S/C18H15P.C5H11NS2.ClH.Ni/c1-4-10-16(11-5-1)19(17-12-6-2-7-13-17)18-14-8-3-9-15-18;1-3-6(4-2)5(7)8;;/h1-15H;3-4H2,1-2H3,(H,7,8);1H;/q;;;+1/p-2. The molecule has 3 aromatic rings. The Morgan fingerprint density at radius 1 is 0.759 bits per heavy atom. The number of hydrogen-bond donors (Lipinski definition) is 0. The smallest absolute Gasteiger partial charge is 0.0134 e. The van der Waals surface area contributed by atoms with Crippen LogP contribution in [0.4, 0.5) is 0 Å². The average Bonchev–Trinajstić information content (AvgIpc) is 2.79. The molecule has 0 aliphatic rings. The first-order valence-electron chi connectivity index (χ1n) is 9.20. The monoisotopic (exact) mass is 503 g/mol. The van der Waals surface area contributed by atoms with E-state index in [-0.39, 0.29) is 0 Å². The van der Waals surface area contributed by atoms with Crippen LogP contribution < -0.4 is 15.9 Å². The van der Waals surface area contributed by atoms with Gasteiger partial charge < -0.3 is 29.7 Å². The summed E-state index contributed by atoms with van der Waals surface area (Å²) in [6, 6.07) is 32.3. The zero-order chi connectivity index (χ0) is 21.5. The maximum Gasteiger partial charge on any atom is -0.0134 e. The van der Waals surface area contributed by atoms with Crippen molar-refractivity contribution in [3.05, 3.63) is 91.0 Å². The van der Waals surface area contributed by atoms with Crippen molar-refractivity contribution < 1.29 is 14.6 Å². The molecule has 0 saturated heterocycles. The third-order valence-corrected chi connectivity index (χ3v) is 7.02. The van der Waals surface area contributed by atoms with Gasteiger partial charge in [0.2, 0.25) is 0 Å². The summed E-state index contributed by atoms with van der Waals surface area (Å²) >= 11 is 12.9. The molecule has 3 rings (SSSR count). The molecule has 0 aliphatic heterocycles. The van der Waals surface area contributed by atoms with Crippen molar-refractivity contribution in [1.29, 1.82) is 0 Å². The second kappa shape index (κ2) is 15.8. The minimum Gasteiger partial charge on any atom is -0.0622 e. The van der Waals surface area contributed by atoms with Crippen LogP contribution in [0.5, 0.6) is 0 Å². The fraction of sp³-hybridized carbons (Fsp3) is 0.174. The molecule has 0 N–H and O–H groups in total. The van der Waals surface area contributed by atoms with Crippen LogP contribution in [0, 0.1) is 0 Å². The molecule has 0 saturated carbocycles. The van der Waals surface area contributed by atoms with Crippen molar-refractivity contribution >= 4 is 63.2 Å². The molecule has 0 radical (unpaired) electrons. The van der Waals surface area contributed by atoms with E-state index >= 15 is 0 Å². The molecule has 0 bridgehead atoms. The first kappa shape index (κ1) is 26.0. The van der Waals surface area contributed by atoms with Gasteiger partial charge in [-0.1, -0.05) is 95.3 Å². The zero-order valence-corrected chi connectivity index (χ0v) is 20.8. The SMILES string of the molecule is CCN(CC)C(=S)[S-].[Cl][Ni].c1ccc(P(c2ccccc2)c2ccccc2)cc1. The number of nitrogens with zero attached hydrogens (tertiary/aromatic N) is 1. The largest absolute Gasteiger partial charge is 0.0622 e. The Morgan fingerprint density at radius 2 is 1.03 bits per heavy atom. The van der Waals surface area contributed by atoms with Gasteiger partial charge >= 0.3 is 24.8 Å². The van der Waals surface area contributed by atoms with Crippen LogP contribution >= 0.6 is 30.3 Å². The van der Waals surface area contributed by atoms with E-state index in [1.165, 1.54) is 15.9 Å². The summed E-state index contributed by atoms with van der Waals surface area (Å²) in [6.07, 6.45) is 0. The molecular weight excluding hydrogens is 480 g/mol. The summed E-state index contributed by atoms with van der Waals surface area (Å²) in [5.41, 5.74) is 0. The van der Waals surface area contributed by atoms with Crippen LogP contribution in [0.15, 0.2) is 91.0 Å². The molecule has 0 fully saturated rings. The molecular formula is C23H25ClNNiPS2-. The molecule has 157 valence electrons. The quantitative estimate of drug-likeness (QED) is 0.201. The van der Waals surface area contributed by atoms with Crippen molar-refractivity contribution in [1.82, 2.24) is 4.90 Å². The van der Waals surface area contributed by atoms with Gasteiger partial charge in [0.1, 0.15) is 0 Å². The van der Waals surface area contributed by atoms with Crippen LogP contribution in [0.2, 0.25) is 0 Å². The molecule has 0 heterocycles. The first-order chi connectivity index (χ1) is 14.2. The predicted octanol–water partition coefficient (Wildman–Crippen LogP) is 5.29. The first-order valence-corrected chi connectivity index (χ1v) is 12.7.